The van der Waals surface area contributed by atoms with Crippen molar-refractivity contribution in [1.29, 1.82) is 0 Å². The van der Waals surface area contributed by atoms with Crippen molar-refractivity contribution in [2.24, 2.45) is 5.41 Å². The Morgan fingerprint density at radius 1 is 1.04 bits per heavy atom. The number of pyridine rings is 1. The van der Waals surface area contributed by atoms with Gasteiger partial charge in [-0.1, -0.05) is 39.3 Å². The monoisotopic (exact) mass is 372 g/mol. The molecular weight excluding hydrogens is 344 g/mol. The van der Waals surface area contributed by atoms with Crippen LogP contribution < -0.4 is 0 Å². The molecule has 0 aliphatic heterocycles. The summed E-state index contributed by atoms with van der Waals surface area (Å²) in [5.41, 5.74) is 4.93. The molecule has 0 saturated heterocycles. The number of nitrogens with zero attached hydrogens (tertiary/aromatic N) is 3. The summed E-state index contributed by atoms with van der Waals surface area (Å²) in [6.07, 6.45) is 10.1. The smallest absolute Gasteiger partial charge is 0.144 e. The molecule has 4 nitrogen and oxygen atoms in total. The Hall–Kier alpha value is -2.88. The van der Waals surface area contributed by atoms with E-state index in [4.69, 9.17) is 4.98 Å². The van der Waals surface area contributed by atoms with Crippen LogP contribution in [0.3, 0.4) is 0 Å². The largest absolute Gasteiger partial charge is 0.348 e. The van der Waals surface area contributed by atoms with Gasteiger partial charge in [-0.3, -0.25) is 0 Å². The van der Waals surface area contributed by atoms with E-state index in [-0.39, 0.29) is 0 Å². The fourth-order valence-electron chi connectivity index (χ4n) is 3.50. The molecule has 0 unspecified atom stereocenters. The van der Waals surface area contributed by atoms with E-state index >= 15 is 0 Å². The molecule has 0 aliphatic rings. The third kappa shape index (κ3) is 4.01. The van der Waals surface area contributed by atoms with E-state index in [9.17, 15) is 0 Å². The van der Waals surface area contributed by atoms with Gasteiger partial charge in [0.25, 0.3) is 0 Å². The van der Waals surface area contributed by atoms with Gasteiger partial charge in [0.15, 0.2) is 0 Å². The van der Waals surface area contributed by atoms with Crippen LogP contribution in [-0.4, -0.2) is 19.5 Å². The molecule has 0 aliphatic carbocycles. The Kier molecular flexibility index (Phi) is 5.03. The summed E-state index contributed by atoms with van der Waals surface area (Å²) < 4.78 is 2.13. The van der Waals surface area contributed by atoms with E-state index in [1.54, 1.807) is 0 Å². The molecule has 0 bridgehead atoms. The van der Waals surface area contributed by atoms with Crippen molar-refractivity contribution in [2.75, 3.05) is 0 Å². The number of fused-ring (bicyclic) bond motifs is 1. The molecule has 3 heterocycles. The summed E-state index contributed by atoms with van der Waals surface area (Å²) in [5, 5.41) is 1.16. The summed E-state index contributed by atoms with van der Waals surface area (Å²) >= 11 is 0. The zero-order valence-corrected chi connectivity index (χ0v) is 16.9. The molecule has 0 radical (unpaired) electrons. The van der Waals surface area contributed by atoms with Crippen LogP contribution in [0.4, 0.5) is 0 Å². The quantitative estimate of drug-likeness (QED) is 0.465. The molecule has 4 heteroatoms. The van der Waals surface area contributed by atoms with E-state index in [0.29, 0.717) is 5.41 Å². The molecule has 1 aromatic carbocycles. The average Bonchev–Trinajstić information content (AvgIpc) is 3.33. The molecule has 4 aromatic rings. The van der Waals surface area contributed by atoms with Crippen molar-refractivity contribution in [3.8, 4) is 5.69 Å². The first-order chi connectivity index (χ1) is 13.5. The summed E-state index contributed by atoms with van der Waals surface area (Å²) in [7, 11) is 0. The second kappa shape index (κ2) is 7.63. The molecule has 0 fully saturated rings. The van der Waals surface area contributed by atoms with Gasteiger partial charge in [-0.2, -0.15) is 0 Å². The van der Waals surface area contributed by atoms with Crippen molar-refractivity contribution in [3.63, 3.8) is 0 Å². The Morgan fingerprint density at radius 2 is 1.86 bits per heavy atom. The van der Waals surface area contributed by atoms with Gasteiger partial charge in [-0.05, 0) is 54.2 Å². The maximum Gasteiger partial charge on any atom is 0.144 e. The third-order valence-corrected chi connectivity index (χ3v) is 5.61. The summed E-state index contributed by atoms with van der Waals surface area (Å²) in [6, 6.07) is 14.9. The van der Waals surface area contributed by atoms with Crippen LogP contribution >= 0.6 is 0 Å². The zero-order chi connectivity index (χ0) is 19.6. The first kappa shape index (κ1) is 18.5. The lowest BCUT2D eigenvalue weighted by Gasteiger charge is -2.20. The van der Waals surface area contributed by atoms with Gasteiger partial charge in [0.1, 0.15) is 11.5 Å². The van der Waals surface area contributed by atoms with E-state index in [1.165, 1.54) is 11.3 Å². The molecule has 0 saturated carbocycles. The number of rotatable bonds is 7. The van der Waals surface area contributed by atoms with Crippen LogP contribution in [0, 0.1) is 5.41 Å². The number of hydrogen-bond donors (Lipinski definition) is 1. The first-order valence-corrected chi connectivity index (χ1v) is 10.1. The van der Waals surface area contributed by atoms with Crippen molar-refractivity contribution < 1.29 is 0 Å². The average molecular weight is 373 g/mol. The molecule has 0 atom stereocenters. The number of hydrogen-bond acceptors (Lipinski definition) is 2. The Bertz CT molecular complexity index is 1050. The van der Waals surface area contributed by atoms with E-state index in [1.807, 2.05) is 12.3 Å². The van der Waals surface area contributed by atoms with Gasteiger partial charge in [-0.15, -0.1) is 0 Å². The number of H-pyrrole nitrogens is 1. The minimum Gasteiger partial charge on any atom is -0.348 e. The lowest BCUT2D eigenvalue weighted by molar-refractivity contribution is 0.346. The molecule has 144 valence electrons. The number of nitrogens with one attached hydrogen (secondary N) is 1. The zero-order valence-electron chi connectivity index (χ0n) is 16.9. The van der Waals surface area contributed by atoms with Gasteiger partial charge < -0.3 is 9.55 Å². The van der Waals surface area contributed by atoms with Gasteiger partial charge in [-0.25, -0.2) is 9.97 Å². The molecule has 28 heavy (non-hydrogen) atoms. The predicted molar refractivity (Wildman–Crippen MR) is 115 cm³/mol. The van der Waals surface area contributed by atoms with E-state index < -0.39 is 0 Å². The fraction of sp³-hybridized carbons (Fsp3) is 0.333. The van der Waals surface area contributed by atoms with Gasteiger partial charge in [0.05, 0.1) is 5.69 Å². The SMILES string of the molecule is CCC(C)(C)Cc1c[nH]c(CCc2ccc(-n3ccc4cccnc43)cc2)n1. The molecule has 0 spiro atoms. The summed E-state index contributed by atoms with van der Waals surface area (Å²) in [5.74, 6) is 1.08. The third-order valence-electron chi connectivity index (χ3n) is 5.61. The summed E-state index contributed by atoms with van der Waals surface area (Å²) in [6.45, 7) is 6.84. The lowest BCUT2D eigenvalue weighted by atomic mass is 9.85. The van der Waals surface area contributed by atoms with E-state index in [0.717, 1.165) is 48.2 Å². The van der Waals surface area contributed by atoms with Crippen molar-refractivity contribution >= 4 is 11.0 Å². The highest BCUT2D eigenvalue weighted by Crippen LogP contribution is 2.24. The molecule has 4 rings (SSSR count). The molecule has 1 N–H and O–H groups in total. The Labute approximate surface area is 166 Å². The number of aryl methyl sites for hydroxylation is 2. The van der Waals surface area contributed by atoms with Crippen LogP contribution in [0.2, 0.25) is 0 Å². The van der Waals surface area contributed by atoms with Crippen molar-refractivity contribution in [1.82, 2.24) is 19.5 Å². The topological polar surface area (TPSA) is 46.5 Å². The van der Waals surface area contributed by atoms with Crippen molar-refractivity contribution in [3.05, 3.63) is 78.1 Å². The highest BCUT2D eigenvalue weighted by molar-refractivity contribution is 5.77. The second-order valence-corrected chi connectivity index (χ2v) is 8.30. The highest BCUT2D eigenvalue weighted by Gasteiger charge is 2.17. The normalized spacial score (nSPS) is 12.0. The first-order valence-electron chi connectivity index (χ1n) is 10.1. The number of aromatic amines is 1. The Morgan fingerprint density at radius 3 is 2.64 bits per heavy atom. The fourth-order valence-corrected chi connectivity index (χ4v) is 3.50. The van der Waals surface area contributed by atoms with Crippen LogP contribution in [0.25, 0.3) is 16.7 Å². The Balaban J connectivity index is 1.41. The minimum atomic E-state index is 0.305. The van der Waals surface area contributed by atoms with Gasteiger partial charge in [0.2, 0.25) is 0 Å². The maximum atomic E-state index is 4.78. The van der Waals surface area contributed by atoms with Crippen molar-refractivity contribution in [2.45, 2.75) is 46.5 Å². The molecule has 0 amide bonds. The van der Waals surface area contributed by atoms with Crippen LogP contribution in [0.1, 0.15) is 44.3 Å². The van der Waals surface area contributed by atoms with Gasteiger partial charge >= 0.3 is 0 Å². The van der Waals surface area contributed by atoms with E-state index in [2.05, 4.69) is 84.1 Å². The van der Waals surface area contributed by atoms with Crippen LogP contribution in [-0.2, 0) is 19.3 Å². The second-order valence-electron chi connectivity index (χ2n) is 8.30. The summed E-state index contributed by atoms with van der Waals surface area (Å²) in [4.78, 5) is 12.6. The van der Waals surface area contributed by atoms with Crippen LogP contribution in [0.15, 0.2) is 61.1 Å². The number of benzene rings is 1. The van der Waals surface area contributed by atoms with Crippen LogP contribution in [0.5, 0.6) is 0 Å². The predicted octanol–water partition coefficient (Wildman–Crippen LogP) is 5.51. The highest BCUT2D eigenvalue weighted by atomic mass is 15.0. The molecule has 3 aromatic heterocycles. The maximum absolute atomic E-state index is 4.78. The molecular formula is C24H28N4. The number of imidazole rings is 1. The minimum absolute atomic E-state index is 0.305. The lowest BCUT2D eigenvalue weighted by Crippen LogP contribution is -2.13. The number of aromatic nitrogens is 4. The standard InChI is InChI=1S/C24H28N4/c1-4-24(2,3)16-20-17-26-22(27-20)12-9-18-7-10-21(11-8-18)28-15-13-19-6-5-14-25-23(19)28/h5-8,10-11,13-15,17H,4,9,12,16H2,1-3H3,(H,26,27). The van der Waals surface area contributed by atoms with Gasteiger partial charge in [0, 0.05) is 36.1 Å².